The zero-order chi connectivity index (χ0) is 20.2. The van der Waals surface area contributed by atoms with Crippen molar-refractivity contribution in [2.45, 2.75) is 12.5 Å². The van der Waals surface area contributed by atoms with Gasteiger partial charge in [-0.3, -0.25) is 19.5 Å². The summed E-state index contributed by atoms with van der Waals surface area (Å²) in [6.45, 7) is 4.39. The van der Waals surface area contributed by atoms with Gasteiger partial charge in [0.2, 0.25) is 5.78 Å². The first-order chi connectivity index (χ1) is 14.2. The molecule has 2 aromatic heterocycles. The average Bonchev–Trinajstić information content (AvgIpc) is 3.38. The number of aromatic nitrogens is 1. The molecule has 29 heavy (non-hydrogen) atoms. The minimum Gasteiger partial charge on any atom is -0.503 e. The van der Waals surface area contributed by atoms with Crippen LogP contribution < -0.4 is 0 Å². The zero-order valence-corrected chi connectivity index (χ0v) is 16.0. The quantitative estimate of drug-likeness (QED) is 0.714. The van der Waals surface area contributed by atoms with E-state index in [1.807, 2.05) is 0 Å². The summed E-state index contributed by atoms with van der Waals surface area (Å²) in [7, 11) is 0. The molecule has 1 N–H and O–H groups in total. The van der Waals surface area contributed by atoms with E-state index in [0.29, 0.717) is 25.3 Å². The van der Waals surface area contributed by atoms with Gasteiger partial charge in [-0.2, -0.15) is 0 Å². The van der Waals surface area contributed by atoms with Crippen molar-refractivity contribution in [2.75, 3.05) is 39.4 Å². The normalized spacial score (nSPS) is 20.5. The van der Waals surface area contributed by atoms with Crippen LogP contribution in [-0.2, 0) is 9.53 Å². The maximum Gasteiger partial charge on any atom is 0.290 e. The Labute approximate surface area is 168 Å². The first-order valence-corrected chi connectivity index (χ1v) is 9.69. The number of ether oxygens (including phenoxy) is 1. The van der Waals surface area contributed by atoms with Crippen molar-refractivity contribution in [1.82, 2.24) is 14.8 Å². The second kappa shape index (κ2) is 8.59. The summed E-state index contributed by atoms with van der Waals surface area (Å²) in [5, 5.41) is 10.6. The average molecular weight is 397 g/mol. The molecular formula is C21H23N3O5. The Balaban J connectivity index is 1.57. The number of amides is 1. The molecule has 1 fully saturated rings. The summed E-state index contributed by atoms with van der Waals surface area (Å²) in [5.74, 6) is -1.48. The Hall–Kier alpha value is -2.97. The van der Waals surface area contributed by atoms with Gasteiger partial charge in [0.05, 0.1) is 31.1 Å². The largest absolute Gasteiger partial charge is 0.503 e. The van der Waals surface area contributed by atoms with E-state index in [2.05, 4.69) is 9.88 Å². The fraction of sp³-hybridized carbons (Fsp3) is 0.381. The fourth-order valence-corrected chi connectivity index (χ4v) is 3.83. The lowest BCUT2D eigenvalue weighted by Crippen LogP contribution is -2.39. The third-order valence-corrected chi connectivity index (χ3v) is 5.27. The number of pyridine rings is 1. The SMILES string of the molecule is O=C(C1=C(O)C(=O)N(CCCN2CCOCC2)[C@H]1c1cccnc1)c1ccco1. The smallest absolute Gasteiger partial charge is 0.290 e. The molecule has 1 saturated heterocycles. The van der Waals surface area contributed by atoms with E-state index in [9.17, 15) is 14.7 Å². The standard InChI is InChI=1S/C21H23N3O5/c25-19(16-5-2-11-29-16)17-18(15-4-1-6-22-14-15)24(21(27)20(17)26)8-3-7-23-9-12-28-13-10-23/h1-2,4-6,11,14,18,26H,3,7-10,12-13H2/t18-/m0/s1. The third kappa shape index (κ3) is 3.94. The number of furan rings is 1. The molecule has 1 amide bonds. The Bertz CT molecular complexity index is 888. The Kier molecular flexibility index (Phi) is 5.73. The number of Topliss-reactive ketones (excluding diaryl/α,β-unsaturated/α-hetero) is 1. The highest BCUT2D eigenvalue weighted by molar-refractivity contribution is 6.14. The number of nitrogens with zero attached hydrogens (tertiary/aromatic N) is 3. The number of morpholine rings is 1. The third-order valence-electron chi connectivity index (χ3n) is 5.27. The highest BCUT2D eigenvalue weighted by Gasteiger charge is 2.44. The first-order valence-electron chi connectivity index (χ1n) is 9.69. The molecule has 0 unspecified atom stereocenters. The van der Waals surface area contributed by atoms with Crippen LogP contribution in [0.3, 0.4) is 0 Å². The van der Waals surface area contributed by atoms with Crippen molar-refractivity contribution in [3.05, 3.63) is 65.6 Å². The molecule has 0 aromatic carbocycles. The van der Waals surface area contributed by atoms with Gasteiger partial charge in [0.15, 0.2) is 11.5 Å². The highest BCUT2D eigenvalue weighted by atomic mass is 16.5. The van der Waals surface area contributed by atoms with Gasteiger partial charge in [-0.25, -0.2) is 0 Å². The van der Waals surface area contributed by atoms with Crippen molar-refractivity contribution in [1.29, 1.82) is 0 Å². The lowest BCUT2D eigenvalue weighted by molar-refractivity contribution is -0.129. The number of hydrogen-bond acceptors (Lipinski definition) is 7. The summed E-state index contributed by atoms with van der Waals surface area (Å²) in [6, 6.07) is 5.97. The van der Waals surface area contributed by atoms with Crippen LogP contribution in [0.1, 0.15) is 28.6 Å². The topological polar surface area (TPSA) is 96.1 Å². The second-order valence-corrected chi connectivity index (χ2v) is 7.06. The minimum atomic E-state index is -0.696. The summed E-state index contributed by atoms with van der Waals surface area (Å²) in [5.41, 5.74) is 0.704. The van der Waals surface area contributed by atoms with Gasteiger partial charge in [-0.1, -0.05) is 6.07 Å². The number of rotatable bonds is 7. The number of aliphatic hydroxyl groups is 1. The van der Waals surface area contributed by atoms with Crippen LogP contribution in [0.5, 0.6) is 0 Å². The Morgan fingerprint density at radius 1 is 1.21 bits per heavy atom. The van der Waals surface area contributed by atoms with Crippen LogP contribution in [0.15, 0.2) is 58.7 Å². The van der Waals surface area contributed by atoms with E-state index in [1.54, 1.807) is 35.5 Å². The molecule has 0 bridgehead atoms. The molecule has 0 spiro atoms. The van der Waals surface area contributed by atoms with E-state index in [4.69, 9.17) is 9.15 Å². The van der Waals surface area contributed by atoms with Crippen LogP contribution in [0.4, 0.5) is 0 Å². The zero-order valence-electron chi connectivity index (χ0n) is 16.0. The predicted molar refractivity (Wildman–Crippen MR) is 103 cm³/mol. The van der Waals surface area contributed by atoms with Gasteiger partial charge in [0.1, 0.15) is 0 Å². The number of aliphatic hydroxyl groups excluding tert-OH is 1. The molecule has 2 aliphatic rings. The van der Waals surface area contributed by atoms with Gasteiger partial charge >= 0.3 is 0 Å². The van der Waals surface area contributed by atoms with E-state index >= 15 is 0 Å². The van der Waals surface area contributed by atoms with E-state index < -0.39 is 23.5 Å². The van der Waals surface area contributed by atoms with Gasteiger partial charge in [-0.15, -0.1) is 0 Å². The van der Waals surface area contributed by atoms with Crippen LogP contribution >= 0.6 is 0 Å². The molecule has 2 aliphatic heterocycles. The van der Waals surface area contributed by atoms with Crippen LogP contribution in [0.2, 0.25) is 0 Å². The van der Waals surface area contributed by atoms with E-state index in [0.717, 1.165) is 26.1 Å². The molecular weight excluding hydrogens is 374 g/mol. The van der Waals surface area contributed by atoms with Gasteiger partial charge in [0.25, 0.3) is 5.91 Å². The summed E-state index contributed by atoms with van der Waals surface area (Å²) in [4.78, 5) is 33.8. The van der Waals surface area contributed by atoms with Gasteiger partial charge in [0, 0.05) is 38.6 Å². The fourth-order valence-electron chi connectivity index (χ4n) is 3.83. The summed E-state index contributed by atoms with van der Waals surface area (Å²) < 4.78 is 10.6. The number of ketones is 1. The summed E-state index contributed by atoms with van der Waals surface area (Å²) >= 11 is 0. The van der Waals surface area contributed by atoms with Crippen LogP contribution in [-0.4, -0.2) is 71.0 Å². The van der Waals surface area contributed by atoms with Crippen LogP contribution in [0, 0.1) is 0 Å². The molecule has 8 heteroatoms. The summed E-state index contributed by atoms with van der Waals surface area (Å²) in [6.07, 6.45) is 5.35. The minimum absolute atomic E-state index is 0.0318. The lowest BCUT2D eigenvalue weighted by atomic mass is 9.96. The molecule has 152 valence electrons. The van der Waals surface area contributed by atoms with Crippen molar-refractivity contribution in [3.8, 4) is 0 Å². The first kappa shape index (κ1) is 19.4. The molecule has 0 radical (unpaired) electrons. The molecule has 4 rings (SSSR count). The maximum absolute atomic E-state index is 13.0. The predicted octanol–water partition coefficient (Wildman–Crippen LogP) is 1.98. The van der Waals surface area contributed by atoms with E-state index in [1.165, 1.54) is 12.3 Å². The van der Waals surface area contributed by atoms with Gasteiger partial charge < -0.3 is 19.2 Å². The number of carbonyl (C=O) groups excluding carboxylic acids is 2. The number of hydrogen-bond donors (Lipinski definition) is 1. The Morgan fingerprint density at radius 3 is 2.72 bits per heavy atom. The molecule has 4 heterocycles. The van der Waals surface area contributed by atoms with E-state index in [-0.39, 0.29) is 11.3 Å². The van der Waals surface area contributed by atoms with Crippen molar-refractivity contribution >= 4 is 11.7 Å². The van der Waals surface area contributed by atoms with Crippen molar-refractivity contribution in [3.63, 3.8) is 0 Å². The maximum atomic E-state index is 13.0. The van der Waals surface area contributed by atoms with Crippen LogP contribution in [0.25, 0.3) is 0 Å². The second-order valence-electron chi connectivity index (χ2n) is 7.06. The molecule has 0 saturated carbocycles. The highest BCUT2D eigenvalue weighted by Crippen LogP contribution is 2.38. The lowest BCUT2D eigenvalue weighted by Gasteiger charge is -2.29. The molecule has 0 aliphatic carbocycles. The Morgan fingerprint density at radius 2 is 2.03 bits per heavy atom. The van der Waals surface area contributed by atoms with Gasteiger partial charge in [-0.05, 0) is 30.2 Å². The molecule has 1 atom stereocenters. The van der Waals surface area contributed by atoms with Crippen molar-refractivity contribution in [2.24, 2.45) is 0 Å². The molecule has 8 nitrogen and oxygen atoms in total. The van der Waals surface area contributed by atoms with Crippen molar-refractivity contribution < 1.29 is 23.8 Å². The molecule has 2 aromatic rings. The number of carbonyl (C=O) groups is 2. The monoisotopic (exact) mass is 397 g/mol.